The van der Waals surface area contributed by atoms with Crippen LogP contribution in [0.2, 0.25) is 0 Å². The molecule has 6 heteroatoms. The molecule has 0 aliphatic heterocycles. The lowest BCUT2D eigenvalue weighted by molar-refractivity contribution is 0.0593. The molecule has 1 heterocycles. The summed E-state index contributed by atoms with van der Waals surface area (Å²) in [5, 5.41) is 7.84. The zero-order chi connectivity index (χ0) is 13.1. The van der Waals surface area contributed by atoms with E-state index in [9.17, 15) is 4.79 Å². The molecule has 2 aromatic rings. The number of aromatic nitrogens is 3. The van der Waals surface area contributed by atoms with Gasteiger partial charge in [0, 0.05) is 4.90 Å². The van der Waals surface area contributed by atoms with E-state index in [1.807, 2.05) is 30.5 Å². The second kappa shape index (κ2) is 5.22. The number of hydrogen-bond donors (Lipinski definition) is 0. The van der Waals surface area contributed by atoms with Crippen molar-refractivity contribution in [3.8, 4) is 5.69 Å². The quantitative estimate of drug-likeness (QED) is 0.627. The molecule has 0 saturated carbocycles. The molecule has 1 aromatic heterocycles. The lowest BCUT2D eigenvalue weighted by Crippen LogP contribution is -2.05. The van der Waals surface area contributed by atoms with E-state index in [1.165, 1.54) is 7.11 Å². The second-order valence-corrected chi connectivity index (χ2v) is 4.51. The standard InChI is InChI=1S/C12H13N3O2S/c1-8-11(12(16)17-2)13-14-15(8)9-5-4-6-10(7-9)18-3/h4-7H,1-3H3. The fourth-order valence-corrected chi connectivity index (χ4v) is 2.06. The molecule has 0 aliphatic rings. The number of carbonyl (C=O) groups is 1. The Balaban J connectivity index is 2.45. The van der Waals surface area contributed by atoms with Gasteiger partial charge in [0.1, 0.15) is 0 Å². The normalized spacial score (nSPS) is 10.4. The Hall–Kier alpha value is -1.82. The average Bonchev–Trinajstić information content (AvgIpc) is 2.80. The van der Waals surface area contributed by atoms with Crippen LogP contribution in [-0.2, 0) is 4.74 Å². The van der Waals surface area contributed by atoms with Gasteiger partial charge in [0.05, 0.1) is 18.5 Å². The maximum Gasteiger partial charge on any atom is 0.360 e. The molecule has 0 bridgehead atoms. The Morgan fingerprint density at radius 2 is 2.22 bits per heavy atom. The Labute approximate surface area is 109 Å². The fourth-order valence-electron chi connectivity index (χ4n) is 1.60. The molecule has 0 spiro atoms. The smallest absolute Gasteiger partial charge is 0.360 e. The molecule has 0 saturated heterocycles. The molecule has 18 heavy (non-hydrogen) atoms. The summed E-state index contributed by atoms with van der Waals surface area (Å²) in [7, 11) is 1.33. The third-order valence-corrected chi connectivity index (χ3v) is 3.30. The van der Waals surface area contributed by atoms with Crippen molar-refractivity contribution in [2.24, 2.45) is 0 Å². The SMILES string of the molecule is COC(=O)c1nnn(-c2cccc(SC)c2)c1C. The molecular weight excluding hydrogens is 250 g/mol. The minimum absolute atomic E-state index is 0.243. The van der Waals surface area contributed by atoms with Gasteiger partial charge in [0.15, 0.2) is 5.69 Å². The number of esters is 1. The predicted molar refractivity (Wildman–Crippen MR) is 69.2 cm³/mol. The van der Waals surface area contributed by atoms with Gasteiger partial charge in [0.25, 0.3) is 0 Å². The molecule has 0 atom stereocenters. The Kier molecular flexibility index (Phi) is 3.66. The summed E-state index contributed by atoms with van der Waals surface area (Å²) in [5.74, 6) is -0.472. The topological polar surface area (TPSA) is 57.0 Å². The highest BCUT2D eigenvalue weighted by atomic mass is 32.2. The Morgan fingerprint density at radius 1 is 1.44 bits per heavy atom. The molecule has 0 N–H and O–H groups in total. The Bertz CT molecular complexity index is 580. The summed E-state index contributed by atoms with van der Waals surface area (Å²) < 4.78 is 6.28. The molecule has 0 radical (unpaired) electrons. The van der Waals surface area contributed by atoms with Crippen LogP contribution < -0.4 is 0 Å². The van der Waals surface area contributed by atoms with Gasteiger partial charge in [-0.05, 0) is 31.4 Å². The number of benzene rings is 1. The van der Waals surface area contributed by atoms with E-state index in [0.29, 0.717) is 5.69 Å². The number of ether oxygens (including phenoxy) is 1. The first kappa shape index (κ1) is 12.6. The van der Waals surface area contributed by atoms with Crippen LogP contribution in [0.5, 0.6) is 0 Å². The number of carbonyl (C=O) groups excluding carboxylic acids is 1. The maximum atomic E-state index is 11.5. The molecule has 5 nitrogen and oxygen atoms in total. The minimum Gasteiger partial charge on any atom is -0.464 e. The van der Waals surface area contributed by atoms with Crippen molar-refractivity contribution in [3.05, 3.63) is 35.7 Å². The fraction of sp³-hybridized carbons (Fsp3) is 0.250. The van der Waals surface area contributed by atoms with Crippen molar-refractivity contribution < 1.29 is 9.53 Å². The van der Waals surface area contributed by atoms with Crippen LogP contribution in [0.4, 0.5) is 0 Å². The molecule has 94 valence electrons. The van der Waals surface area contributed by atoms with Crippen molar-refractivity contribution in [3.63, 3.8) is 0 Å². The van der Waals surface area contributed by atoms with E-state index in [1.54, 1.807) is 23.4 Å². The van der Waals surface area contributed by atoms with Crippen molar-refractivity contribution >= 4 is 17.7 Å². The molecule has 0 fully saturated rings. The summed E-state index contributed by atoms with van der Waals surface area (Å²) in [4.78, 5) is 12.6. The highest BCUT2D eigenvalue weighted by Crippen LogP contribution is 2.19. The molecule has 1 aromatic carbocycles. The third-order valence-electron chi connectivity index (χ3n) is 2.57. The number of rotatable bonds is 3. The van der Waals surface area contributed by atoms with E-state index in [4.69, 9.17) is 0 Å². The highest BCUT2D eigenvalue weighted by Gasteiger charge is 2.17. The third kappa shape index (κ3) is 2.24. The zero-order valence-corrected chi connectivity index (χ0v) is 11.2. The Morgan fingerprint density at radius 3 is 2.89 bits per heavy atom. The van der Waals surface area contributed by atoms with Crippen LogP contribution >= 0.6 is 11.8 Å². The number of nitrogens with zero attached hydrogens (tertiary/aromatic N) is 3. The number of hydrogen-bond acceptors (Lipinski definition) is 5. The molecule has 0 amide bonds. The lowest BCUT2D eigenvalue weighted by atomic mass is 10.3. The van der Waals surface area contributed by atoms with Crippen LogP contribution in [-0.4, -0.2) is 34.3 Å². The van der Waals surface area contributed by atoms with Crippen LogP contribution in [0, 0.1) is 6.92 Å². The summed E-state index contributed by atoms with van der Waals surface area (Å²) in [6.45, 7) is 1.79. The van der Waals surface area contributed by atoms with E-state index in [0.717, 1.165) is 10.6 Å². The summed E-state index contributed by atoms with van der Waals surface area (Å²) >= 11 is 1.65. The minimum atomic E-state index is -0.472. The molecular formula is C12H13N3O2S. The van der Waals surface area contributed by atoms with Gasteiger partial charge in [0.2, 0.25) is 0 Å². The van der Waals surface area contributed by atoms with Crippen molar-refractivity contribution in [2.75, 3.05) is 13.4 Å². The van der Waals surface area contributed by atoms with Crippen molar-refractivity contribution in [1.82, 2.24) is 15.0 Å². The predicted octanol–water partition coefficient (Wildman–Crippen LogP) is 2.08. The van der Waals surface area contributed by atoms with Crippen molar-refractivity contribution in [1.29, 1.82) is 0 Å². The van der Waals surface area contributed by atoms with Gasteiger partial charge in [-0.2, -0.15) is 0 Å². The van der Waals surface area contributed by atoms with Gasteiger partial charge in [-0.25, -0.2) is 9.48 Å². The van der Waals surface area contributed by atoms with Gasteiger partial charge in [-0.3, -0.25) is 0 Å². The lowest BCUT2D eigenvalue weighted by Gasteiger charge is -2.04. The van der Waals surface area contributed by atoms with Crippen LogP contribution in [0.1, 0.15) is 16.2 Å². The van der Waals surface area contributed by atoms with E-state index < -0.39 is 5.97 Å². The van der Waals surface area contributed by atoms with Crippen LogP contribution in [0.3, 0.4) is 0 Å². The van der Waals surface area contributed by atoms with Crippen molar-refractivity contribution in [2.45, 2.75) is 11.8 Å². The second-order valence-electron chi connectivity index (χ2n) is 3.63. The molecule has 0 unspecified atom stereocenters. The average molecular weight is 263 g/mol. The number of methoxy groups -OCH3 is 1. The maximum absolute atomic E-state index is 11.5. The van der Waals surface area contributed by atoms with E-state index in [2.05, 4.69) is 15.0 Å². The zero-order valence-electron chi connectivity index (χ0n) is 10.4. The largest absolute Gasteiger partial charge is 0.464 e. The van der Waals surface area contributed by atoms with E-state index >= 15 is 0 Å². The molecule has 2 rings (SSSR count). The monoisotopic (exact) mass is 263 g/mol. The van der Waals surface area contributed by atoms with Gasteiger partial charge in [-0.15, -0.1) is 16.9 Å². The summed E-state index contributed by atoms with van der Waals surface area (Å²) in [5.41, 5.74) is 1.79. The molecule has 0 aliphatic carbocycles. The van der Waals surface area contributed by atoms with Crippen LogP contribution in [0.15, 0.2) is 29.2 Å². The number of thioether (sulfide) groups is 1. The summed E-state index contributed by atoms with van der Waals surface area (Å²) in [6.07, 6.45) is 2.01. The van der Waals surface area contributed by atoms with Gasteiger partial charge < -0.3 is 4.74 Å². The van der Waals surface area contributed by atoms with Gasteiger partial charge >= 0.3 is 5.97 Å². The summed E-state index contributed by atoms with van der Waals surface area (Å²) in [6, 6.07) is 7.87. The first-order chi connectivity index (χ1) is 8.67. The van der Waals surface area contributed by atoms with E-state index in [-0.39, 0.29) is 5.69 Å². The first-order valence-electron chi connectivity index (χ1n) is 5.32. The van der Waals surface area contributed by atoms with Crippen LogP contribution in [0.25, 0.3) is 5.69 Å². The highest BCUT2D eigenvalue weighted by molar-refractivity contribution is 7.98. The first-order valence-corrected chi connectivity index (χ1v) is 6.55. The van der Waals surface area contributed by atoms with Gasteiger partial charge in [-0.1, -0.05) is 11.3 Å².